The molecule has 1 saturated carbocycles. The molecule has 1 aliphatic rings. The summed E-state index contributed by atoms with van der Waals surface area (Å²) < 4.78 is 2.60. The van der Waals surface area contributed by atoms with E-state index in [4.69, 9.17) is 4.98 Å². The van der Waals surface area contributed by atoms with E-state index in [1.807, 2.05) is 35.7 Å². The van der Waals surface area contributed by atoms with Gasteiger partial charge in [-0.15, -0.1) is 59.7 Å². The predicted octanol–water partition coefficient (Wildman–Crippen LogP) is 11.7. The molecule has 1 aliphatic carbocycles. The molecule has 0 atom stereocenters. The van der Waals surface area contributed by atoms with Crippen LogP contribution in [0.4, 0.5) is 0 Å². The molecule has 0 aliphatic heterocycles. The van der Waals surface area contributed by atoms with Crippen molar-refractivity contribution in [2.75, 3.05) is 0 Å². The second kappa shape index (κ2) is 15.4. The summed E-state index contributed by atoms with van der Waals surface area (Å²) in [5.74, 6) is 0.843. The Balaban J connectivity index is 0.000000198. The molecule has 0 spiro atoms. The minimum Gasteiger partial charge on any atom is -0.305 e. The van der Waals surface area contributed by atoms with Crippen LogP contribution in [-0.4, -0.2) is 18.0 Å². The van der Waals surface area contributed by atoms with E-state index < -0.39 is 8.07 Å². The van der Waals surface area contributed by atoms with Crippen LogP contribution in [-0.2, 0) is 26.5 Å². The van der Waals surface area contributed by atoms with Gasteiger partial charge in [0.25, 0.3) is 0 Å². The molecule has 1 fully saturated rings. The first-order valence-electron chi connectivity index (χ1n) is 17.2. The van der Waals surface area contributed by atoms with E-state index in [1.165, 1.54) is 79.7 Å². The van der Waals surface area contributed by atoms with E-state index in [0.717, 1.165) is 28.4 Å². The maximum atomic E-state index is 4.75. The van der Waals surface area contributed by atoms with Crippen molar-refractivity contribution in [2.45, 2.75) is 58.7 Å². The maximum Gasteiger partial charge on any atom is 0.0798 e. The Kier molecular flexibility index (Phi) is 11.1. The van der Waals surface area contributed by atoms with Gasteiger partial charge in [0.1, 0.15) is 0 Å². The summed E-state index contributed by atoms with van der Waals surface area (Å²) in [7, 11) is -1.27. The molecule has 0 bridgehead atoms. The van der Waals surface area contributed by atoms with Crippen LogP contribution in [0.1, 0.15) is 36.8 Å². The summed E-state index contributed by atoms with van der Waals surface area (Å²) in [6.45, 7) is 9.24. The van der Waals surface area contributed by atoms with Gasteiger partial charge in [-0.2, -0.15) is 11.3 Å². The zero-order chi connectivity index (χ0) is 33.1. The van der Waals surface area contributed by atoms with Gasteiger partial charge in [-0.25, -0.2) is 0 Å². The number of nitrogens with zero attached hydrogens (tertiary/aromatic N) is 2. The van der Waals surface area contributed by atoms with Crippen LogP contribution >= 0.6 is 11.3 Å². The number of pyridine rings is 2. The van der Waals surface area contributed by atoms with Crippen molar-refractivity contribution in [3.05, 3.63) is 139 Å². The molecule has 2 nitrogen and oxygen atoms in total. The van der Waals surface area contributed by atoms with Crippen molar-refractivity contribution in [3.63, 3.8) is 0 Å². The van der Waals surface area contributed by atoms with E-state index in [1.54, 1.807) is 0 Å². The van der Waals surface area contributed by atoms with Crippen molar-refractivity contribution >= 4 is 44.8 Å². The van der Waals surface area contributed by atoms with Gasteiger partial charge >= 0.3 is 0 Å². The molecule has 4 aromatic carbocycles. The summed E-state index contributed by atoms with van der Waals surface area (Å²) in [6.07, 6.45) is 10.7. The molecule has 3 aromatic heterocycles. The third-order valence-corrected chi connectivity index (χ3v) is 12.8. The van der Waals surface area contributed by atoms with Gasteiger partial charge in [-0.1, -0.05) is 116 Å². The van der Waals surface area contributed by atoms with Gasteiger partial charge in [-0.3, -0.25) is 0 Å². The second-order valence-electron chi connectivity index (χ2n) is 14.1. The first kappa shape index (κ1) is 35.1. The molecule has 8 rings (SSSR count). The number of thiophene rings is 1. The normalized spacial score (nSPS) is 13.2. The minimum atomic E-state index is -1.27. The molecule has 0 unspecified atom stereocenters. The molecular weight excluding hydrogens is 809 g/mol. The summed E-state index contributed by atoms with van der Waals surface area (Å²) in [5, 5.41) is 4.06. The van der Waals surface area contributed by atoms with Gasteiger partial charge in [-0.05, 0) is 69.2 Å². The number of fused-ring (bicyclic) bond motifs is 3. The molecule has 0 amide bonds. The van der Waals surface area contributed by atoms with E-state index in [9.17, 15) is 0 Å². The third-order valence-electron chi connectivity index (χ3n) is 9.52. The average Bonchev–Trinajstić information content (AvgIpc) is 3.76. The van der Waals surface area contributed by atoms with Crippen molar-refractivity contribution in [2.24, 2.45) is 5.92 Å². The fraction of sp³-hybridized carbons (Fsp3) is 0.227. The van der Waals surface area contributed by atoms with Gasteiger partial charge in [0.2, 0.25) is 0 Å². The number of hydrogen-bond donors (Lipinski definition) is 0. The van der Waals surface area contributed by atoms with E-state index in [0.29, 0.717) is 0 Å². The molecular formula is C44H42IrN2SSi-2. The van der Waals surface area contributed by atoms with Crippen LogP contribution < -0.4 is 5.19 Å². The first-order chi connectivity index (χ1) is 23.3. The fourth-order valence-corrected chi connectivity index (χ4v) is 10.0. The van der Waals surface area contributed by atoms with Crippen molar-refractivity contribution in [1.82, 2.24) is 9.97 Å². The summed E-state index contributed by atoms with van der Waals surface area (Å²) in [4.78, 5) is 9.32. The summed E-state index contributed by atoms with van der Waals surface area (Å²) in [6, 6.07) is 43.1. The zero-order valence-electron chi connectivity index (χ0n) is 28.7. The summed E-state index contributed by atoms with van der Waals surface area (Å²) in [5.41, 5.74) is 9.56. The third kappa shape index (κ3) is 8.03. The van der Waals surface area contributed by atoms with Crippen molar-refractivity contribution in [1.29, 1.82) is 0 Å². The largest absolute Gasteiger partial charge is 0.305 e. The topological polar surface area (TPSA) is 25.8 Å². The first-order valence-corrected chi connectivity index (χ1v) is 21.5. The minimum absolute atomic E-state index is 0. The van der Waals surface area contributed by atoms with Crippen LogP contribution in [0.5, 0.6) is 0 Å². The Morgan fingerprint density at radius 3 is 2.29 bits per heavy atom. The average molecular weight is 851 g/mol. The van der Waals surface area contributed by atoms with Gasteiger partial charge in [0, 0.05) is 37.2 Å². The van der Waals surface area contributed by atoms with Crippen LogP contribution in [0.25, 0.3) is 53.8 Å². The van der Waals surface area contributed by atoms with Crippen LogP contribution in [0.3, 0.4) is 0 Å². The zero-order valence-corrected chi connectivity index (χ0v) is 32.9. The van der Waals surface area contributed by atoms with Gasteiger partial charge in [0.05, 0.1) is 8.07 Å². The number of hydrogen-bond acceptors (Lipinski definition) is 3. The fourth-order valence-electron chi connectivity index (χ4n) is 7.07. The molecule has 0 N–H and O–H groups in total. The molecule has 49 heavy (non-hydrogen) atoms. The Labute approximate surface area is 310 Å². The van der Waals surface area contributed by atoms with Crippen molar-refractivity contribution in [3.8, 4) is 33.6 Å². The SMILES string of the molecule is Cc1cc(-c2[c-]cccc2)ncc1[Si](C)(C)C.[Ir].[c-]1ccc2c(sc3cc(-c4ccccc4)ccc32)c1-c1cc(CC2CCCC2)ccn1. The van der Waals surface area contributed by atoms with Crippen LogP contribution in [0.2, 0.25) is 19.6 Å². The smallest absolute Gasteiger partial charge is 0.0798 e. The van der Waals surface area contributed by atoms with Crippen LogP contribution in [0.15, 0.2) is 116 Å². The molecule has 7 aromatic rings. The quantitative estimate of drug-likeness (QED) is 0.123. The Bertz CT molecular complexity index is 2160. The Hall–Kier alpha value is -3.73. The number of benzene rings is 4. The van der Waals surface area contributed by atoms with E-state index >= 15 is 0 Å². The molecule has 5 heteroatoms. The predicted molar refractivity (Wildman–Crippen MR) is 209 cm³/mol. The second-order valence-corrected chi connectivity index (χ2v) is 20.2. The maximum absolute atomic E-state index is 4.75. The number of aryl methyl sites for hydroxylation is 1. The van der Waals surface area contributed by atoms with E-state index in [2.05, 4.69) is 135 Å². The molecule has 249 valence electrons. The standard InChI is InChI=1S/C29H24NS.C15H18NSi.Ir/c1-2-9-22(10-3-1)23-13-14-24-25-11-6-12-26(29(25)31-28(24)19-23)27-18-21(15-16-30-27)17-20-7-4-5-8-20;1-12-10-14(13-8-6-5-7-9-13)16-11-15(12)17(2,3)4;/h1-3,6,9-11,13-16,18-20H,4-5,7-8,17H2;5-8,10-11H,1-4H3;/q2*-1;. The van der Waals surface area contributed by atoms with E-state index in [-0.39, 0.29) is 20.1 Å². The number of aromatic nitrogens is 2. The Morgan fingerprint density at radius 2 is 1.55 bits per heavy atom. The molecule has 1 radical (unpaired) electrons. The molecule has 0 saturated heterocycles. The van der Waals surface area contributed by atoms with Crippen molar-refractivity contribution < 1.29 is 20.1 Å². The number of rotatable bonds is 6. The van der Waals surface area contributed by atoms with Crippen LogP contribution in [0, 0.1) is 25.0 Å². The Morgan fingerprint density at radius 1 is 0.755 bits per heavy atom. The van der Waals surface area contributed by atoms with Gasteiger partial charge < -0.3 is 9.97 Å². The molecule has 3 heterocycles. The monoisotopic (exact) mass is 851 g/mol. The summed E-state index contributed by atoms with van der Waals surface area (Å²) >= 11 is 1.86. The van der Waals surface area contributed by atoms with Gasteiger partial charge in [0.15, 0.2) is 0 Å².